The molecule has 2 heterocycles. The number of nitrogens with one attached hydrogen (secondary N) is 1. The van der Waals surface area contributed by atoms with Gasteiger partial charge in [0, 0.05) is 38.8 Å². The quantitative estimate of drug-likeness (QED) is 0.619. The van der Waals surface area contributed by atoms with Gasteiger partial charge in [0.1, 0.15) is 0 Å². The summed E-state index contributed by atoms with van der Waals surface area (Å²) in [6.45, 7) is 2.50. The summed E-state index contributed by atoms with van der Waals surface area (Å²) in [4.78, 5) is 2.56. The average Bonchev–Trinajstić information content (AvgIpc) is 2.33. The molecular formula is C8H15N2Y-. The van der Waals surface area contributed by atoms with Gasteiger partial charge in [-0.15, -0.1) is 6.04 Å². The first-order valence-electron chi connectivity index (χ1n) is 4.31. The summed E-state index contributed by atoms with van der Waals surface area (Å²) in [5, 5.41) is 0. The summed E-state index contributed by atoms with van der Waals surface area (Å²) in [5.74, 6) is 0. The maximum Gasteiger partial charge on any atom is 0.00818 e. The molecule has 0 aromatic carbocycles. The molecule has 2 nitrogen and oxygen atoms in total. The Labute approximate surface area is 93.8 Å². The molecule has 2 saturated heterocycles. The Balaban J connectivity index is 0.000000605. The van der Waals surface area contributed by atoms with Gasteiger partial charge in [0.15, 0.2) is 0 Å². The Hall–Kier alpha value is 1.02. The Kier molecular flexibility index (Phi) is 3.96. The summed E-state index contributed by atoms with van der Waals surface area (Å²) < 4.78 is 0. The monoisotopic (exact) mass is 228 g/mol. The van der Waals surface area contributed by atoms with Crippen molar-refractivity contribution in [3.63, 3.8) is 0 Å². The molecule has 0 aromatic rings. The van der Waals surface area contributed by atoms with E-state index >= 15 is 0 Å². The van der Waals surface area contributed by atoms with Crippen molar-refractivity contribution in [1.29, 1.82) is 0 Å². The third-order valence-electron chi connectivity index (χ3n) is 2.82. The maximum absolute atomic E-state index is 7.60. The van der Waals surface area contributed by atoms with Crippen LogP contribution in [0.4, 0.5) is 0 Å². The van der Waals surface area contributed by atoms with Crippen molar-refractivity contribution in [3.8, 4) is 0 Å². The number of fused-ring (bicyclic) bond motifs is 1. The number of nitrogens with zero attached hydrogens (tertiary/aromatic N) is 1. The van der Waals surface area contributed by atoms with Gasteiger partial charge >= 0.3 is 0 Å². The van der Waals surface area contributed by atoms with Crippen LogP contribution in [0.25, 0.3) is 5.73 Å². The molecule has 0 aliphatic carbocycles. The minimum Gasteiger partial charge on any atom is -0.675 e. The van der Waals surface area contributed by atoms with E-state index in [2.05, 4.69) is 4.90 Å². The number of piperidine rings is 1. The van der Waals surface area contributed by atoms with E-state index < -0.39 is 0 Å². The topological polar surface area (TPSA) is 27.0 Å². The Bertz CT molecular complexity index is 129. The zero-order valence-corrected chi connectivity index (χ0v) is 9.76. The van der Waals surface area contributed by atoms with Crippen molar-refractivity contribution in [2.45, 2.75) is 37.8 Å². The van der Waals surface area contributed by atoms with E-state index in [9.17, 15) is 0 Å². The zero-order chi connectivity index (χ0) is 6.97. The van der Waals surface area contributed by atoms with Crippen LogP contribution >= 0.6 is 0 Å². The molecule has 0 aromatic heterocycles. The summed E-state index contributed by atoms with van der Waals surface area (Å²) >= 11 is 0. The summed E-state index contributed by atoms with van der Waals surface area (Å²) in [6, 6.07) is 1.04. The fraction of sp³-hybridized carbons (Fsp3) is 1.00. The second-order valence-corrected chi connectivity index (χ2v) is 3.55. The van der Waals surface area contributed by atoms with Crippen LogP contribution in [0, 0.1) is 0 Å². The molecule has 1 radical (unpaired) electrons. The summed E-state index contributed by atoms with van der Waals surface area (Å²) in [6.07, 6.45) is 4.98. The van der Waals surface area contributed by atoms with E-state index in [4.69, 9.17) is 5.73 Å². The molecule has 11 heavy (non-hydrogen) atoms. The van der Waals surface area contributed by atoms with Gasteiger partial charge in [0.2, 0.25) is 0 Å². The molecular weight excluding hydrogens is 213 g/mol. The second-order valence-electron chi connectivity index (χ2n) is 3.55. The average molecular weight is 228 g/mol. The van der Waals surface area contributed by atoms with Crippen LogP contribution in [0.1, 0.15) is 25.7 Å². The van der Waals surface area contributed by atoms with Gasteiger partial charge in [-0.1, -0.05) is 12.8 Å². The Morgan fingerprint density at radius 1 is 1.18 bits per heavy atom. The van der Waals surface area contributed by atoms with Crippen molar-refractivity contribution in [2.75, 3.05) is 13.1 Å². The number of rotatable bonds is 0. The molecule has 61 valence electrons. The van der Waals surface area contributed by atoms with Crippen LogP contribution in [0.3, 0.4) is 0 Å². The van der Waals surface area contributed by atoms with Gasteiger partial charge in [-0.05, 0) is 25.9 Å². The van der Waals surface area contributed by atoms with Crippen molar-refractivity contribution in [2.24, 2.45) is 0 Å². The third kappa shape index (κ3) is 2.24. The minimum absolute atomic E-state index is 0. The molecule has 0 spiro atoms. The summed E-state index contributed by atoms with van der Waals surface area (Å²) in [7, 11) is 0. The molecule has 2 fully saturated rings. The zero-order valence-electron chi connectivity index (χ0n) is 6.92. The molecule has 2 atom stereocenters. The smallest absolute Gasteiger partial charge is 0.00818 e. The van der Waals surface area contributed by atoms with Crippen LogP contribution in [0.2, 0.25) is 0 Å². The van der Waals surface area contributed by atoms with E-state index in [1.165, 1.54) is 25.9 Å². The summed E-state index contributed by atoms with van der Waals surface area (Å²) in [5.41, 5.74) is 7.60. The molecule has 0 saturated carbocycles. The first kappa shape index (κ1) is 10.1. The van der Waals surface area contributed by atoms with Gasteiger partial charge in [0.05, 0.1) is 0 Å². The third-order valence-corrected chi connectivity index (χ3v) is 2.82. The fourth-order valence-electron chi connectivity index (χ4n) is 2.22. The predicted octanol–water partition coefficient (Wildman–Crippen LogP) is 1.66. The standard InChI is InChI=1S/C8H15N2.Y/c9-7-3-5-10-4-1-2-8(10)6-7;/h7-9H,1-6H2;/q-1;. The minimum atomic E-state index is 0. The molecule has 2 aliphatic rings. The Morgan fingerprint density at radius 2 is 2.00 bits per heavy atom. The SMILES string of the molecule is [NH-]C1CCN2CCCC2C1.[Y]. The molecule has 0 bridgehead atoms. The normalized spacial score (nSPS) is 37.9. The van der Waals surface area contributed by atoms with E-state index in [1.807, 2.05) is 0 Å². The van der Waals surface area contributed by atoms with Crippen LogP contribution in [0.5, 0.6) is 0 Å². The van der Waals surface area contributed by atoms with E-state index in [0.29, 0.717) is 0 Å². The van der Waals surface area contributed by atoms with Crippen molar-refractivity contribution >= 4 is 0 Å². The predicted molar refractivity (Wildman–Crippen MR) is 41.9 cm³/mol. The van der Waals surface area contributed by atoms with Crippen LogP contribution in [-0.2, 0) is 32.7 Å². The van der Waals surface area contributed by atoms with Crippen LogP contribution in [0.15, 0.2) is 0 Å². The van der Waals surface area contributed by atoms with Gasteiger partial charge < -0.3 is 10.6 Å². The second kappa shape index (κ2) is 4.31. The molecule has 1 N–H and O–H groups in total. The van der Waals surface area contributed by atoms with E-state index in [0.717, 1.165) is 18.9 Å². The van der Waals surface area contributed by atoms with Crippen molar-refractivity contribution in [3.05, 3.63) is 5.73 Å². The first-order chi connectivity index (χ1) is 4.86. The van der Waals surface area contributed by atoms with Crippen LogP contribution < -0.4 is 0 Å². The van der Waals surface area contributed by atoms with Crippen molar-refractivity contribution < 1.29 is 32.7 Å². The first-order valence-corrected chi connectivity index (χ1v) is 4.31. The van der Waals surface area contributed by atoms with Gasteiger partial charge in [-0.2, -0.15) is 0 Å². The van der Waals surface area contributed by atoms with E-state index in [1.54, 1.807) is 0 Å². The van der Waals surface area contributed by atoms with E-state index in [-0.39, 0.29) is 38.8 Å². The Morgan fingerprint density at radius 3 is 2.82 bits per heavy atom. The largest absolute Gasteiger partial charge is 0.675 e. The molecule has 2 rings (SSSR count). The maximum atomic E-state index is 7.60. The van der Waals surface area contributed by atoms with Gasteiger partial charge in [0.25, 0.3) is 0 Å². The number of hydrogen-bond acceptors (Lipinski definition) is 1. The molecule has 0 amide bonds. The molecule has 3 heteroatoms. The molecule has 2 aliphatic heterocycles. The van der Waals surface area contributed by atoms with Crippen molar-refractivity contribution in [1.82, 2.24) is 4.90 Å². The number of hydrogen-bond donors (Lipinski definition) is 0. The fourth-order valence-corrected chi connectivity index (χ4v) is 2.22. The van der Waals surface area contributed by atoms with Gasteiger partial charge in [-0.25, -0.2) is 0 Å². The molecule has 2 unspecified atom stereocenters. The van der Waals surface area contributed by atoms with Gasteiger partial charge in [-0.3, -0.25) is 0 Å². The van der Waals surface area contributed by atoms with Crippen LogP contribution in [-0.4, -0.2) is 30.1 Å².